The molecule has 5 nitrogen and oxygen atoms in total. The van der Waals surface area contributed by atoms with Gasteiger partial charge in [-0.15, -0.1) is 0 Å². The summed E-state index contributed by atoms with van der Waals surface area (Å²) >= 11 is 0. The number of allylic oxidation sites excluding steroid dienone is 1. The summed E-state index contributed by atoms with van der Waals surface area (Å²) in [6, 6.07) is -0.312. The molecular formula is C30H61NO4Si. The molecule has 1 N–H and O–H groups in total. The van der Waals surface area contributed by atoms with Gasteiger partial charge in [0.15, 0.2) is 8.32 Å². The third-order valence-corrected chi connectivity index (χ3v) is 11.6. The van der Waals surface area contributed by atoms with E-state index in [4.69, 9.17) is 13.9 Å². The Morgan fingerprint density at radius 1 is 0.861 bits per heavy atom. The number of hydrogen-bond donors (Lipinski definition) is 1. The second-order valence-electron chi connectivity index (χ2n) is 12.8. The van der Waals surface area contributed by atoms with Crippen molar-refractivity contribution in [2.45, 2.75) is 161 Å². The van der Waals surface area contributed by atoms with Crippen molar-refractivity contribution < 1.29 is 18.7 Å². The molecular weight excluding hydrogens is 466 g/mol. The molecule has 0 saturated carbocycles. The number of unbranched alkanes of at least 4 members (excludes halogenated alkanes) is 11. The Balaban J connectivity index is 4.66. The number of carbonyl (C=O) groups is 1. The van der Waals surface area contributed by atoms with Crippen LogP contribution in [0.3, 0.4) is 0 Å². The third-order valence-electron chi connectivity index (χ3n) is 7.10. The second kappa shape index (κ2) is 18.4. The van der Waals surface area contributed by atoms with Crippen LogP contribution in [-0.2, 0) is 13.9 Å². The highest BCUT2D eigenvalue weighted by Crippen LogP contribution is 2.36. The number of ether oxygens (including phenoxy) is 2. The molecule has 0 aliphatic heterocycles. The molecule has 0 saturated heterocycles. The smallest absolute Gasteiger partial charge is 0.408 e. The fraction of sp³-hybridized carbons (Fsp3) is 0.900. The van der Waals surface area contributed by atoms with Crippen LogP contribution in [0.25, 0.3) is 0 Å². The summed E-state index contributed by atoms with van der Waals surface area (Å²) < 4.78 is 17.7. The van der Waals surface area contributed by atoms with Crippen molar-refractivity contribution in [3.05, 3.63) is 12.2 Å². The number of methoxy groups -OCH3 is 1. The van der Waals surface area contributed by atoms with Crippen molar-refractivity contribution in [2.75, 3.05) is 13.7 Å². The van der Waals surface area contributed by atoms with Gasteiger partial charge in [-0.3, -0.25) is 0 Å². The summed E-state index contributed by atoms with van der Waals surface area (Å²) in [5.74, 6) is 0. The van der Waals surface area contributed by atoms with E-state index in [0.717, 1.165) is 6.42 Å². The number of amides is 1. The number of alkyl carbamates (subject to hydrolysis) is 1. The van der Waals surface area contributed by atoms with E-state index in [2.05, 4.69) is 58.3 Å². The predicted molar refractivity (Wildman–Crippen MR) is 157 cm³/mol. The summed E-state index contributed by atoms with van der Waals surface area (Å²) in [7, 11) is -0.280. The van der Waals surface area contributed by atoms with Crippen molar-refractivity contribution in [1.82, 2.24) is 5.32 Å². The first-order valence-corrected chi connectivity index (χ1v) is 17.5. The number of rotatable bonds is 19. The van der Waals surface area contributed by atoms with Crippen molar-refractivity contribution in [3.63, 3.8) is 0 Å². The normalized spacial score (nSPS) is 14.7. The molecule has 214 valence electrons. The molecule has 0 aromatic rings. The van der Waals surface area contributed by atoms with Gasteiger partial charge in [-0.2, -0.15) is 0 Å². The first kappa shape index (κ1) is 35.1. The Hall–Kier alpha value is -0.853. The van der Waals surface area contributed by atoms with E-state index < -0.39 is 20.0 Å². The van der Waals surface area contributed by atoms with Crippen LogP contribution >= 0.6 is 0 Å². The van der Waals surface area contributed by atoms with E-state index in [1.54, 1.807) is 7.11 Å². The van der Waals surface area contributed by atoms with E-state index in [1.165, 1.54) is 70.6 Å². The molecule has 0 aromatic carbocycles. The maximum atomic E-state index is 12.5. The van der Waals surface area contributed by atoms with Crippen LogP contribution < -0.4 is 5.32 Å². The molecule has 1 amide bonds. The zero-order chi connectivity index (χ0) is 27.7. The Kier molecular flexibility index (Phi) is 18.0. The van der Waals surface area contributed by atoms with Gasteiger partial charge in [0, 0.05) is 7.11 Å². The van der Waals surface area contributed by atoms with E-state index in [-0.39, 0.29) is 17.2 Å². The van der Waals surface area contributed by atoms with Gasteiger partial charge in [0.2, 0.25) is 0 Å². The molecule has 0 fully saturated rings. The second-order valence-corrected chi connectivity index (χ2v) is 17.6. The summed E-state index contributed by atoms with van der Waals surface area (Å²) in [6.45, 7) is 19.4. The molecule has 0 unspecified atom stereocenters. The van der Waals surface area contributed by atoms with Crippen molar-refractivity contribution in [1.29, 1.82) is 0 Å². The van der Waals surface area contributed by atoms with E-state index in [1.807, 2.05) is 20.8 Å². The highest BCUT2D eigenvalue weighted by Gasteiger charge is 2.38. The van der Waals surface area contributed by atoms with Crippen LogP contribution in [0, 0.1) is 0 Å². The first-order chi connectivity index (χ1) is 16.7. The largest absolute Gasteiger partial charge is 0.444 e. The van der Waals surface area contributed by atoms with Crippen molar-refractivity contribution >= 4 is 14.4 Å². The molecule has 36 heavy (non-hydrogen) atoms. The fourth-order valence-corrected chi connectivity index (χ4v) is 4.76. The first-order valence-electron chi connectivity index (χ1n) is 14.6. The van der Waals surface area contributed by atoms with E-state index in [9.17, 15) is 4.79 Å². The average Bonchev–Trinajstić information content (AvgIpc) is 2.75. The predicted octanol–water partition coefficient (Wildman–Crippen LogP) is 9.17. The van der Waals surface area contributed by atoms with E-state index >= 15 is 0 Å². The Morgan fingerprint density at radius 3 is 1.81 bits per heavy atom. The molecule has 0 aliphatic carbocycles. The topological polar surface area (TPSA) is 56.8 Å². The lowest BCUT2D eigenvalue weighted by Crippen LogP contribution is -2.51. The van der Waals surface area contributed by atoms with Crippen LogP contribution in [0.15, 0.2) is 12.2 Å². The molecule has 0 aromatic heterocycles. The zero-order valence-corrected chi connectivity index (χ0v) is 26.6. The summed E-state index contributed by atoms with van der Waals surface area (Å²) in [5.41, 5.74) is -0.553. The van der Waals surface area contributed by atoms with Crippen LogP contribution in [0.4, 0.5) is 4.79 Å². The van der Waals surface area contributed by atoms with Gasteiger partial charge in [-0.1, -0.05) is 104 Å². The quantitative estimate of drug-likeness (QED) is 0.103. The fourth-order valence-electron chi connectivity index (χ4n) is 3.73. The molecule has 0 radical (unpaired) electrons. The third kappa shape index (κ3) is 17.6. The molecule has 0 aliphatic rings. The number of carbonyl (C=O) groups excluding carboxylic acids is 1. The van der Waals surface area contributed by atoms with Gasteiger partial charge < -0.3 is 19.2 Å². The summed E-state index contributed by atoms with van der Waals surface area (Å²) in [6.07, 6.45) is 19.4. The molecule has 2 atom stereocenters. The van der Waals surface area contributed by atoms with Gasteiger partial charge in [0.25, 0.3) is 0 Å². The molecule has 0 heterocycles. The van der Waals surface area contributed by atoms with Crippen molar-refractivity contribution in [3.8, 4) is 0 Å². The standard InChI is InChI=1S/C30H61NO4Si/c1-11-12-13-14-15-16-17-18-19-20-21-22-23-24-27(33-8)26(31-28(32)35-29(2,3)4)25-34-36(9,10)30(5,6)7/h23-24,26-27H,11-22,25H2,1-10H3,(H,31,32)/b24-23+/t26-,27+/m0/s1. The lowest BCUT2D eigenvalue weighted by Gasteiger charge is -2.38. The average molecular weight is 528 g/mol. The molecule has 6 heteroatoms. The maximum absolute atomic E-state index is 12.5. The van der Waals surface area contributed by atoms with Gasteiger partial charge in [-0.25, -0.2) is 4.79 Å². The lowest BCUT2D eigenvalue weighted by atomic mass is 10.0. The zero-order valence-electron chi connectivity index (χ0n) is 25.6. The van der Waals surface area contributed by atoms with Crippen LogP contribution in [0.5, 0.6) is 0 Å². The molecule has 0 bridgehead atoms. The molecule has 0 spiro atoms. The lowest BCUT2D eigenvalue weighted by molar-refractivity contribution is 0.0349. The minimum absolute atomic E-state index is 0.0942. The van der Waals surface area contributed by atoms with Crippen LogP contribution in [0.1, 0.15) is 126 Å². The Bertz CT molecular complexity index is 593. The van der Waals surface area contributed by atoms with Gasteiger partial charge >= 0.3 is 6.09 Å². The van der Waals surface area contributed by atoms with Gasteiger partial charge in [0.05, 0.1) is 18.8 Å². The SMILES string of the molecule is CCCCCCCCCCCCC/C=C/[C@@H](OC)[C@H](CO[Si](C)(C)C(C)(C)C)NC(=O)OC(C)(C)C. The van der Waals surface area contributed by atoms with E-state index in [0.29, 0.717) is 6.61 Å². The Morgan fingerprint density at radius 2 is 1.36 bits per heavy atom. The van der Waals surface area contributed by atoms with Gasteiger partial charge in [0.1, 0.15) is 5.60 Å². The highest BCUT2D eigenvalue weighted by atomic mass is 28.4. The Labute approximate surface area is 225 Å². The monoisotopic (exact) mass is 527 g/mol. The minimum Gasteiger partial charge on any atom is -0.444 e. The van der Waals surface area contributed by atoms with Crippen molar-refractivity contribution in [2.24, 2.45) is 0 Å². The highest BCUT2D eigenvalue weighted by molar-refractivity contribution is 6.74. The maximum Gasteiger partial charge on any atom is 0.408 e. The van der Waals surface area contributed by atoms with Crippen LogP contribution in [-0.4, -0.2) is 45.9 Å². The number of hydrogen-bond acceptors (Lipinski definition) is 4. The van der Waals surface area contributed by atoms with Crippen LogP contribution in [0.2, 0.25) is 18.1 Å². The summed E-state index contributed by atoms with van der Waals surface area (Å²) in [4.78, 5) is 12.5. The number of nitrogens with one attached hydrogen (secondary N) is 1. The minimum atomic E-state index is -1.97. The summed E-state index contributed by atoms with van der Waals surface area (Å²) in [5, 5.41) is 3.10. The van der Waals surface area contributed by atoms with Gasteiger partial charge in [-0.05, 0) is 51.7 Å². The molecule has 0 rings (SSSR count).